The van der Waals surface area contributed by atoms with Gasteiger partial charge in [0, 0.05) is 37.3 Å². The summed E-state index contributed by atoms with van der Waals surface area (Å²) >= 11 is 0. The summed E-state index contributed by atoms with van der Waals surface area (Å²) < 4.78 is 57.6. The van der Waals surface area contributed by atoms with Crippen LogP contribution < -0.4 is 4.90 Å². The van der Waals surface area contributed by atoms with E-state index in [1.54, 1.807) is 24.3 Å². The predicted octanol–water partition coefficient (Wildman–Crippen LogP) is 4.45. The fraction of sp³-hybridized carbons (Fsp3) is 0.423. The Morgan fingerprint density at radius 2 is 1.81 bits per heavy atom. The van der Waals surface area contributed by atoms with Crippen molar-refractivity contribution in [2.24, 2.45) is 5.92 Å². The second-order valence-electron chi connectivity index (χ2n) is 10.6. The highest BCUT2D eigenvalue weighted by molar-refractivity contribution is 7.89. The molecule has 2 heterocycles. The summed E-state index contributed by atoms with van der Waals surface area (Å²) in [6.07, 6.45) is -1.28. The number of halogens is 2. The lowest BCUT2D eigenvalue weighted by Crippen LogP contribution is -2.29. The first kappa shape index (κ1) is 27.0. The average Bonchev–Trinajstić information content (AvgIpc) is 3.32. The Hall–Kier alpha value is -3.02. The van der Waals surface area contributed by atoms with Crippen LogP contribution in [-0.2, 0) is 15.4 Å². The zero-order valence-corrected chi connectivity index (χ0v) is 22.2. The number of rotatable bonds is 5. The Morgan fingerprint density at radius 1 is 1.16 bits per heavy atom. The van der Waals surface area contributed by atoms with Crippen molar-refractivity contribution in [1.29, 1.82) is 0 Å². The second-order valence-corrected chi connectivity index (χ2v) is 12.7. The highest BCUT2D eigenvalue weighted by Gasteiger charge is 2.48. The molecule has 0 bridgehead atoms. The maximum atomic E-state index is 14.7. The monoisotopic (exact) mass is 535 g/mol. The third-order valence-electron chi connectivity index (χ3n) is 6.82. The van der Waals surface area contributed by atoms with Gasteiger partial charge in [0.1, 0.15) is 0 Å². The number of fused-ring (bicyclic) bond motifs is 1. The average molecular weight is 536 g/mol. The van der Waals surface area contributed by atoms with E-state index in [4.69, 9.17) is 0 Å². The number of aliphatic hydroxyl groups is 1. The van der Waals surface area contributed by atoms with Crippen LogP contribution in [0.3, 0.4) is 0 Å². The third-order valence-corrected chi connectivity index (χ3v) is 8.63. The topological polar surface area (TPSA) is 103 Å². The molecule has 3 aromatic rings. The number of hydrogen-bond acceptors (Lipinski definition) is 5. The van der Waals surface area contributed by atoms with Gasteiger partial charge in [0.05, 0.1) is 35.2 Å². The molecule has 1 unspecified atom stereocenters. The van der Waals surface area contributed by atoms with Gasteiger partial charge in [-0.2, -0.15) is 0 Å². The van der Waals surface area contributed by atoms with Crippen molar-refractivity contribution < 1.29 is 32.2 Å². The first-order valence-electron chi connectivity index (χ1n) is 11.8. The number of para-hydroxylation sites is 1. The van der Waals surface area contributed by atoms with Gasteiger partial charge in [-0.05, 0) is 35.2 Å². The predicted molar refractivity (Wildman–Crippen MR) is 138 cm³/mol. The lowest BCUT2D eigenvalue weighted by molar-refractivity contribution is -0.0391. The van der Waals surface area contributed by atoms with E-state index in [1.807, 2.05) is 20.8 Å². The molecule has 1 fully saturated rings. The zero-order valence-electron chi connectivity index (χ0n) is 21.4. The number of hydrogen-bond donors (Lipinski definition) is 2. The number of alkyl halides is 2. The normalized spacial score (nSPS) is 18.2. The smallest absolute Gasteiger partial charge is 0.416 e. The summed E-state index contributed by atoms with van der Waals surface area (Å²) in [5.74, 6) is -4.48. The van der Waals surface area contributed by atoms with Gasteiger partial charge in [0.25, 0.3) is 5.92 Å². The summed E-state index contributed by atoms with van der Waals surface area (Å²) in [4.78, 5) is 13.9. The van der Waals surface area contributed by atoms with E-state index in [1.165, 1.54) is 37.2 Å². The number of aliphatic hydroxyl groups excluding tert-OH is 1. The first-order chi connectivity index (χ1) is 17.1. The van der Waals surface area contributed by atoms with E-state index in [0.717, 1.165) is 8.87 Å². The molecule has 0 spiro atoms. The maximum absolute atomic E-state index is 14.7. The van der Waals surface area contributed by atoms with Crippen molar-refractivity contribution in [1.82, 2.24) is 8.87 Å². The van der Waals surface area contributed by atoms with Crippen molar-refractivity contribution in [3.63, 3.8) is 0 Å². The molecule has 1 aliphatic heterocycles. The number of benzene rings is 2. The number of carboxylic acid groups (broad SMARTS) is 1. The minimum Gasteiger partial charge on any atom is -0.464 e. The lowest BCUT2D eigenvalue weighted by Gasteiger charge is -2.26. The third kappa shape index (κ3) is 4.49. The van der Waals surface area contributed by atoms with Gasteiger partial charge < -0.3 is 15.1 Å². The highest BCUT2D eigenvalue weighted by Crippen LogP contribution is 2.46. The largest absolute Gasteiger partial charge is 0.464 e. The molecule has 1 aromatic heterocycles. The minimum absolute atomic E-state index is 0.0945. The molecule has 37 heavy (non-hydrogen) atoms. The number of carbonyl (C=O) groups is 1. The van der Waals surface area contributed by atoms with E-state index >= 15 is 0 Å². The molecule has 4 rings (SSSR count). The SMILES string of the molecule is CN(C)S(=O)(=O)c1ccc(N2CC(CO)C(F)(F)C2)c(-c2c(C(C)(C)C)c3ccccc3n2C(=O)O)c1. The van der Waals surface area contributed by atoms with Gasteiger partial charge in [-0.25, -0.2) is 30.9 Å². The molecule has 0 amide bonds. The Labute approximate surface area is 214 Å². The highest BCUT2D eigenvalue weighted by atomic mass is 32.2. The van der Waals surface area contributed by atoms with Crippen LogP contribution in [0.15, 0.2) is 47.4 Å². The van der Waals surface area contributed by atoms with E-state index < -0.39 is 46.5 Å². The van der Waals surface area contributed by atoms with Crippen molar-refractivity contribution in [2.75, 3.05) is 38.7 Å². The molecule has 0 radical (unpaired) electrons. The maximum Gasteiger partial charge on any atom is 0.416 e. The van der Waals surface area contributed by atoms with E-state index in [9.17, 15) is 32.2 Å². The summed E-state index contributed by atoms with van der Waals surface area (Å²) in [5.41, 5.74) is 1.16. The second kappa shape index (κ2) is 9.07. The van der Waals surface area contributed by atoms with Gasteiger partial charge in [0.2, 0.25) is 10.0 Å². The molecule has 200 valence electrons. The van der Waals surface area contributed by atoms with E-state index in [0.29, 0.717) is 16.5 Å². The number of anilines is 1. The van der Waals surface area contributed by atoms with Crippen molar-refractivity contribution in [3.8, 4) is 11.3 Å². The van der Waals surface area contributed by atoms with Crippen molar-refractivity contribution in [3.05, 3.63) is 48.0 Å². The fourth-order valence-electron chi connectivity index (χ4n) is 5.03. The summed E-state index contributed by atoms with van der Waals surface area (Å²) in [6, 6.07) is 11.1. The zero-order chi connectivity index (χ0) is 27.5. The molecule has 11 heteroatoms. The fourth-order valence-corrected chi connectivity index (χ4v) is 5.96. The molecule has 0 aliphatic carbocycles. The molecule has 1 aliphatic rings. The van der Waals surface area contributed by atoms with Crippen molar-refractivity contribution in [2.45, 2.75) is 37.0 Å². The number of aromatic nitrogens is 1. The van der Waals surface area contributed by atoms with Crippen LogP contribution in [0.5, 0.6) is 0 Å². The molecule has 2 aromatic carbocycles. The van der Waals surface area contributed by atoms with Crippen LogP contribution >= 0.6 is 0 Å². The van der Waals surface area contributed by atoms with Gasteiger partial charge in [-0.15, -0.1) is 0 Å². The van der Waals surface area contributed by atoms with Crippen LogP contribution in [0, 0.1) is 5.92 Å². The first-order valence-corrected chi connectivity index (χ1v) is 13.2. The van der Waals surface area contributed by atoms with Crippen LogP contribution in [0.4, 0.5) is 19.3 Å². The standard InChI is InChI=1S/C26H31F2N3O5S/c1-25(2,3)22-18-8-6-7-9-21(18)31(24(33)34)23(22)19-12-17(37(35,36)29(4)5)10-11-20(19)30-13-16(14-32)26(27,28)15-30/h6-12,16,32H,13-15H2,1-5H3,(H,33,34). The summed E-state index contributed by atoms with van der Waals surface area (Å²) in [6.45, 7) is 4.16. The van der Waals surface area contributed by atoms with Crippen LogP contribution in [0.1, 0.15) is 26.3 Å². The quantitative estimate of drug-likeness (QED) is 0.501. The van der Waals surface area contributed by atoms with Gasteiger partial charge in [-0.3, -0.25) is 0 Å². The van der Waals surface area contributed by atoms with Crippen molar-refractivity contribution >= 4 is 32.7 Å². The van der Waals surface area contributed by atoms with Gasteiger partial charge in [-0.1, -0.05) is 39.0 Å². The molecular weight excluding hydrogens is 504 g/mol. The summed E-state index contributed by atoms with van der Waals surface area (Å²) in [7, 11) is -1.17. The van der Waals surface area contributed by atoms with Gasteiger partial charge in [0.15, 0.2) is 0 Å². The number of nitrogens with zero attached hydrogens (tertiary/aromatic N) is 3. The Bertz CT molecular complexity index is 1480. The van der Waals surface area contributed by atoms with Crippen LogP contribution in [-0.4, -0.2) is 73.3 Å². The van der Waals surface area contributed by atoms with Crippen LogP contribution in [0.25, 0.3) is 22.2 Å². The van der Waals surface area contributed by atoms with E-state index in [2.05, 4.69) is 0 Å². The Kier molecular flexibility index (Phi) is 6.63. The number of sulfonamides is 1. The summed E-state index contributed by atoms with van der Waals surface area (Å²) in [5, 5.41) is 20.5. The Balaban J connectivity index is 2.14. The molecule has 1 saturated heterocycles. The van der Waals surface area contributed by atoms with Crippen LogP contribution in [0.2, 0.25) is 0 Å². The lowest BCUT2D eigenvalue weighted by atomic mass is 9.83. The molecule has 2 N–H and O–H groups in total. The minimum atomic E-state index is -3.93. The molecule has 1 atom stereocenters. The Morgan fingerprint density at radius 3 is 2.35 bits per heavy atom. The molecular formula is C26H31F2N3O5S. The van der Waals surface area contributed by atoms with Gasteiger partial charge >= 0.3 is 6.09 Å². The van der Waals surface area contributed by atoms with E-state index in [-0.39, 0.29) is 28.4 Å². The molecule has 0 saturated carbocycles. The molecule has 8 nitrogen and oxygen atoms in total.